The zero-order valence-electron chi connectivity index (χ0n) is 8.25. The maximum Gasteiger partial charge on any atom is 0.0758 e. The van der Waals surface area contributed by atoms with E-state index >= 15 is 0 Å². The van der Waals surface area contributed by atoms with E-state index < -0.39 is 0 Å². The van der Waals surface area contributed by atoms with Gasteiger partial charge in [0, 0.05) is 6.04 Å². The molecular formula is C11H13Br2NS. The van der Waals surface area contributed by atoms with Gasteiger partial charge in [0.05, 0.1) is 7.57 Å². The highest BCUT2D eigenvalue weighted by molar-refractivity contribution is 9.12. The zero-order valence-corrected chi connectivity index (χ0v) is 12.2. The smallest absolute Gasteiger partial charge is 0.0758 e. The van der Waals surface area contributed by atoms with Gasteiger partial charge in [0.25, 0.3) is 0 Å². The van der Waals surface area contributed by atoms with E-state index in [1.807, 2.05) is 0 Å². The number of hydrogen-bond donors (Lipinski definition) is 1. The predicted molar refractivity (Wildman–Crippen MR) is 71.0 cm³/mol. The second kappa shape index (κ2) is 3.83. The first kappa shape index (κ1) is 10.8. The molecule has 0 aliphatic heterocycles. The van der Waals surface area contributed by atoms with Crippen molar-refractivity contribution in [1.82, 2.24) is 0 Å². The number of halogens is 2. The van der Waals surface area contributed by atoms with Crippen molar-refractivity contribution in [2.24, 2.45) is 23.5 Å². The van der Waals surface area contributed by atoms with E-state index in [-0.39, 0.29) is 6.04 Å². The first-order chi connectivity index (χ1) is 7.15. The lowest BCUT2D eigenvalue weighted by Gasteiger charge is -2.20. The van der Waals surface area contributed by atoms with Crippen LogP contribution < -0.4 is 5.73 Å². The van der Waals surface area contributed by atoms with Gasteiger partial charge in [0.2, 0.25) is 0 Å². The summed E-state index contributed by atoms with van der Waals surface area (Å²) in [4.78, 5) is 0. The number of nitrogens with two attached hydrogens (primary N) is 1. The largest absolute Gasteiger partial charge is 0.324 e. The molecule has 1 heterocycles. The molecule has 0 bridgehead atoms. The number of hydrogen-bond acceptors (Lipinski definition) is 2. The number of rotatable bonds is 2. The van der Waals surface area contributed by atoms with Crippen LogP contribution in [-0.4, -0.2) is 0 Å². The van der Waals surface area contributed by atoms with Gasteiger partial charge < -0.3 is 5.73 Å². The van der Waals surface area contributed by atoms with Gasteiger partial charge in [-0.05, 0) is 80.5 Å². The monoisotopic (exact) mass is 349 g/mol. The standard InChI is InChI=1S/C11H13Br2NS/c12-9-4-8(11(13)15-9)10(14)7-2-5-1-6(5)3-7/h4-7,10H,1-3,14H2. The molecule has 1 aromatic rings. The van der Waals surface area contributed by atoms with Crippen LogP contribution >= 0.6 is 43.2 Å². The molecule has 15 heavy (non-hydrogen) atoms. The maximum absolute atomic E-state index is 6.35. The van der Waals surface area contributed by atoms with Gasteiger partial charge in [-0.3, -0.25) is 0 Å². The Morgan fingerprint density at radius 1 is 1.27 bits per heavy atom. The van der Waals surface area contributed by atoms with Crippen LogP contribution in [0, 0.1) is 17.8 Å². The SMILES string of the molecule is NC(c1cc(Br)sc1Br)C1CC2CC2C1. The van der Waals surface area contributed by atoms with E-state index in [9.17, 15) is 0 Å². The zero-order chi connectivity index (χ0) is 10.6. The summed E-state index contributed by atoms with van der Waals surface area (Å²) >= 11 is 8.83. The van der Waals surface area contributed by atoms with Gasteiger partial charge in [0.15, 0.2) is 0 Å². The van der Waals surface area contributed by atoms with Crippen LogP contribution in [0.4, 0.5) is 0 Å². The summed E-state index contributed by atoms with van der Waals surface area (Å²) in [5.74, 6) is 2.75. The van der Waals surface area contributed by atoms with Gasteiger partial charge in [-0.15, -0.1) is 11.3 Å². The molecule has 2 saturated carbocycles. The Hall–Kier alpha value is 0.620. The van der Waals surface area contributed by atoms with Crippen LogP contribution in [-0.2, 0) is 0 Å². The van der Waals surface area contributed by atoms with Crippen LogP contribution in [0.3, 0.4) is 0 Å². The highest BCUT2D eigenvalue weighted by Crippen LogP contribution is 2.57. The topological polar surface area (TPSA) is 26.0 Å². The molecule has 3 unspecified atom stereocenters. The van der Waals surface area contributed by atoms with Crippen LogP contribution in [0.25, 0.3) is 0 Å². The Labute approximate surface area is 111 Å². The van der Waals surface area contributed by atoms with E-state index in [1.165, 1.54) is 32.4 Å². The molecule has 2 aliphatic carbocycles. The summed E-state index contributed by atoms with van der Waals surface area (Å²) in [6.07, 6.45) is 4.18. The first-order valence-corrected chi connectivity index (χ1v) is 7.75. The molecule has 0 aromatic carbocycles. The summed E-state index contributed by atoms with van der Waals surface area (Å²) in [5, 5.41) is 0. The van der Waals surface area contributed by atoms with E-state index in [4.69, 9.17) is 5.73 Å². The molecule has 0 amide bonds. The third kappa shape index (κ3) is 1.94. The third-order valence-electron chi connectivity index (χ3n) is 3.83. The van der Waals surface area contributed by atoms with Crippen molar-refractivity contribution in [3.63, 3.8) is 0 Å². The third-order valence-corrected chi connectivity index (χ3v) is 6.22. The van der Waals surface area contributed by atoms with Crippen LogP contribution in [0.15, 0.2) is 13.6 Å². The van der Waals surface area contributed by atoms with E-state index in [2.05, 4.69) is 37.9 Å². The van der Waals surface area contributed by atoms with Gasteiger partial charge in [0.1, 0.15) is 0 Å². The van der Waals surface area contributed by atoms with Gasteiger partial charge in [-0.25, -0.2) is 0 Å². The average molecular weight is 351 g/mol. The summed E-state index contributed by atoms with van der Waals surface area (Å²) in [7, 11) is 0. The maximum atomic E-state index is 6.35. The minimum absolute atomic E-state index is 0.231. The fourth-order valence-electron chi connectivity index (χ4n) is 2.89. The summed E-state index contributed by atoms with van der Waals surface area (Å²) in [6.45, 7) is 0. The first-order valence-electron chi connectivity index (χ1n) is 5.35. The molecule has 3 rings (SSSR count). The summed E-state index contributed by atoms with van der Waals surface area (Å²) in [5.41, 5.74) is 7.64. The van der Waals surface area contributed by atoms with Gasteiger partial charge >= 0.3 is 0 Å². The lowest BCUT2D eigenvalue weighted by Crippen LogP contribution is -2.20. The second-order valence-electron chi connectivity index (χ2n) is 4.79. The average Bonchev–Trinajstić information content (AvgIpc) is 2.65. The minimum atomic E-state index is 0.231. The fourth-order valence-corrected chi connectivity index (χ4v) is 5.84. The minimum Gasteiger partial charge on any atom is -0.324 e. The molecule has 2 N–H and O–H groups in total. The highest BCUT2D eigenvalue weighted by atomic mass is 79.9. The molecule has 1 aromatic heterocycles. The van der Waals surface area contributed by atoms with Crippen molar-refractivity contribution in [2.45, 2.75) is 25.3 Å². The van der Waals surface area contributed by atoms with Crippen molar-refractivity contribution in [3.8, 4) is 0 Å². The van der Waals surface area contributed by atoms with Gasteiger partial charge in [-0.2, -0.15) is 0 Å². The number of fused-ring (bicyclic) bond motifs is 1. The number of thiophene rings is 1. The van der Waals surface area contributed by atoms with Crippen molar-refractivity contribution in [2.75, 3.05) is 0 Å². The van der Waals surface area contributed by atoms with Gasteiger partial charge in [-0.1, -0.05) is 0 Å². The Morgan fingerprint density at radius 2 is 1.93 bits per heavy atom. The van der Waals surface area contributed by atoms with Crippen LogP contribution in [0.5, 0.6) is 0 Å². The quantitative estimate of drug-likeness (QED) is 0.844. The Balaban J connectivity index is 1.78. The van der Waals surface area contributed by atoms with Crippen molar-refractivity contribution < 1.29 is 0 Å². The Kier molecular flexibility index (Phi) is 2.74. The van der Waals surface area contributed by atoms with Crippen molar-refractivity contribution in [1.29, 1.82) is 0 Å². The molecule has 2 aliphatic rings. The van der Waals surface area contributed by atoms with E-state index in [0.717, 1.165) is 11.8 Å². The second-order valence-corrected chi connectivity index (χ2v) is 8.54. The Bertz CT molecular complexity index is 380. The fraction of sp³-hybridized carbons (Fsp3) is 0.636. The predicted octanol–water partition coefficient (Wildman–Crippen LogP) is 4.32. The molecule has 4 heteroatoms. The van der Waals surface area contributed by atoms with Crippen LogP contribution in [0.1, 0.15) is 30.9 Å². The summed E-state index contributed by atoms with van der Waals surface area (Å²) < 4.78 is 2.37. The van der Waals surface area contributed by atoms with E-state index in [1.54, 1.807) is 11.3 Å². The van der Waals surface area contributed by atoms with Crippen LogP contribution in [0.2, 0.25) is 0 Å². The molecule has 0 saturated heterocycles. The molecule has 2 fully saturated rings. The molecule has 1 nitrogen and oxygen atoms in total. The lowest BCUT2D eigenvalue weighted by molar-refractivity contribution is 0.404. The highest BCUT2D eigenvalue weighted by Gasteiger charge is 2.47. The van der Waals surface area contributed by atoms with Crippen molar-refractivity contribution >= 4 is 43.2 Å². The summed E-state index contributed by atoms with van der Waals surface area (Å²) in [6, 6.07) is 2.40. The van der Waals surface area contributed by atoms with Crippen molar-refractivity contribution in [3.05, 3.63) is 19.2 Å². The normalized spacial score (nSPS) is 35.3. The Morgan fingerprint density at radius 3 is 2.47 bits per heavy atom. The molecule has 3 atom stereocenters. The lowest BCUT2D eigenvalue weighted by atomic mass is 9.91. The molecular weight excluding hydrogens is 338 g/mol. The molecule has 0 spiro atoms. The molecule has 82 valence electrons. The van der Waals surface area contributed by atoms with E-state index in [0.29, 0.717) is 5.92 Å². The molecule has 0 radical (unpaired) electrons.